The van der Waals surface area contributed by atoms with Crippen LogP contribution in [-0.2, 0) is 14.1 Å². The summed E-state index contributed by atoms with van der Waals surface area (Å²) < 4.78 is 36.4. The summed E-state index contributed by atoms with van der Waals surface area (Å²) in [5.41, 5.74) is 30.8. The third kappa shape index (κ3) is 11.3. The van der Waals surface area contributed by atoms with E-state index < -0.39 is 0 Å². The second-order valence-corrected chi connectivity index (χ2v) is 25.8. The predicted octanol–water partition coefficient (Wildman–Crippen LogP) is 23.2. The lowest BCUT2D eigenvalue weighted by Crippen LogP contribution is -2.02. The van der Waals surface area contributed by atoms with Gasteiger partial charge in [-0.15, -0.1) is 0 Å². The fourth-order valence-corrected chi connectivity index (χ4v) is 14.3. The maximum absolute atomic E-state index is 5.73. The molecule has 0 aliphatic carbocycles. The van der Waals surface area contributed by atoms with Gasteiger partial charge in [-0.25, -0.2) is 0 Å². The van der Waals surface area contributed by atoms with E-state index in [0.717, 1.165) is 78.4 Å². The van der Waals surface area contributed by atoms with Crippen molar-refractivity contribution in [1.82, 2.24) is 47.0 Å². The molecule has 20 rings (SSSR count). The van der Waals surface area contributed by atoms with Gasteiger partial charge in [0.25, 0.3) is 0 Å². The van der Waals surface area contributed by atoms with E-state index in [2.05, 4.69) is 238 Å². The van der Waals surface area contributed by atoms with Crippen LogP contribution in [0.25, 0.3) is 133 Å². The first-order valence-corrected chi connectivity index (χ1v) is 33.3. The van der Waals surface area contributed by atoms with Crippen molar-refractivity contribution in [3.8, 4) is 11.4 Å². The van der Waals surface area contributed by atoms with Crippen molar-refractivity contribution >= 4 is 122 Å². The zero-order valence-corrected chi connectivity index (χ0v) is 57.8. The molecule has 0 aliphatic rings. The molecule has 0 saturated carbocycles. The molecule has 20 aromatic rings. The maximum Gasteiger partial charge on any atom is 0.245 e. The lowest BCUT2D eigenvalue weighted by molar-refractivity contribution is 0.654. The minimum Gasteiger partial charge on any atom is -0.454 e. The molecule has 0 amide bonds. The first-order chi connectivity index (χ1) is 47.4. The standard InChI is InChI=1S/2C20H20N2.C12H11NO.C11H10N2O.C11H9NO.C10H8N2O.2CH4/c2*1-13-8-7-9-14(2)20(13)22-16(4)15(3)21-18-11-6-5-10-17(18)12-19(21)22;1-8-7-11-12(13(8)2)9-5-3-4-6-10(9)14-11;1-7-12-11-10(13(7)2)8-5-3-4-6-9(8)14-11;1-7-11-9(6-12-7)8-4-2-3-5-10(8)13-11;1-6-11-9-7-4-2-3-5-8(7)13-10(9)12-6;;/h2*5-12H,1-4H3;3-7H,1-2H3;3-6H,1-2H3;2-6,12H,1H3;2-5H,1H3,(H,11,12);2*1H4. The second kappa shape index (κ2) is 26.5. The average Bonchev–Trinajstić information content (AvgIpc) is 1.66. The lowest BCUT2D eigenvalue weighted by atomic mass is 10.1. The number of H-pyrrole nitrogens is 2. The Morgan fingerprint density at radius 1 is 0.370 bits per heavy atom. The molecular formula is C86H86N10O4. The number of rotatable bonds is 2. The smallest absolute Gasteiger partial charge is 0.245 e. The number of imidazole rings is 4. The number of nitrogens with zero attached hydrogens (tertiary/aromatic N) is 8. The van der Waals surface area contributed by atoms with Crippen molar-refractivity contribution in [3.05, 3.63) is 274 Å². The van der Waals surface area contributed by atoms with Crippen LogP contribution in [0.5, 0.6) is 0 Å². The molecule has 14 nitrogen and oxygen atoms in total. The third-order valence-electron chi connectivity index (χ3n) is 19.6. The Labute approximate surface area is 580 Å². The molecule has 100 heavy (non-hydrogen) atoms. The molecule has 0 unspecified atom stereocenters. The van der Waals surface area contributed by atoms with Crippen LogP contribution in [0.4, 0.5) is 0 Å². The largest absolute Gasteiger partial charge is 0.454 e. The normalized spacial score (nSPS) is 11.3. The van der Waals surface area contributed by atoms with E-state index in [4.69, 9.17) is 17.7 Å². The van der Waals surface area contributed by atoms with E-state index in [1.807, 2.05) is 113 Å². The number of hydrogen-bond acceptors (Lipinski definition) is 6. The Bertz CT molecular complexity index is 6060. The van der Waals surface area contributed by atoms with Gasteiger partial charge in [-0.1, -0.05) is 142 Å². The molecule has 0 bridgehead atoms. The van der Waals surface area contributed by atoms with Crippen molar-refractivity contribution in [1.29, 1.82) is 0 Å². The van der Waals surface area contributed by atoms with Gasteiger partial charge in [-0.05, 0) is 172 Å². The van der Waals surface area contributed by atoms with Gasteiger partial charge in [0.05, 0.1) is 33.6 Å². The lowest BCUT2D eigenvalue weighted by Gasteiger charge is -2.13. The van der Waals surface area contributed by atoms with E-state index >= 15 is 0 Å². The zero-order chi connectivity index (χ0) is 67.9. The summed E-state index contributed by atoms with van der Waals surface area (Å²) in [6.45, 7) is 25.6. The van der Waals surface area contributed by atoms with Crippen LogP contribution in [0.1, 0.15) is 82.9 Å². The Morgan fingerprint density at radius 3 is 1.35 bits per heavy atom. The SMILES string of the molecule is C.C.Cc1[nH]cc2c1oc1ccccc12.Cc1cc2oc3ccccc3c2n1C.Cc1cccc(C)c1-n1c(C)c(C)n2c3ccccc3cc12.Cc1cccc(C)c1-n1c(C)c(C)n2c3ccccc3cc12.Cc1nc2oc3ccccc3c2[nH]1.Cc1nc2oc3ccccc3c2n1C. The molecule has 0 fully saturated rings. The van der Waals surface area contributed by atoms with Crippen LogP contribution in [0.2, 0.25) is 0 Å². The van der Waals surface area contributed by atoms with Crippen LogP contribution in [0, 0.1) is 83.1 Å². The van der Waals surface area contributed by atoms with E-state index in [-0.39, 0.29) is 14.9 Å². The number of aromatic amines is 2. The van der Waals surface area contributed by atoms with Gasteiger partial charge in [-0.2, -0.15) is 9.97 Å². The van der Waals surface area contributed by atoms with E-state index in [1.165, 1.54) is 117 Å². The summed E-state index contributed by atoms with van der Waals surface area (Å²) in [5, 5.41) is 8.36. The summed E-state index contributed by atoms with van der Waals surface area (Å²) in [7, 11) is 4.08. The van der Waals surface area contributed by atoms with E-state index in [9.17, 15) is 0 Å². The molecule has 8 aromatic carbocycles. The maximum atomic E-state index is 5.73. The Balaban J connectivity index is 0.000000109. The zero-order valence-electron chi connectivity index (χ0n) is 57.8. The summed E-state index contributed by atoms with van der Waals surface area (Å²) in [5.74, 6) is 1.86. The van der Waals surface area contributed by atoms with Crippen molar-refractivity contribution in [2.24, 2.45) is 14.1 Å². The minimum absolute atomic E-state index is 0. The first kappa shape index (κ1) is 66.7. The molecule has 0 atom stereocenters. The quantitative estimate of drug-likeness (QED) is 0.177. The molecular weight excluding hydrogens is 1240 g/mol. The highest BCUT2D eigenvalue weighted by Gasteiger charge is 2.21. The first-order valence-electron chi connectivity index (χ1n) is 33.3. The van der Waals surface area contributed by atoms with Crippen LogP contribution >= 0.6 is 0 Å². The molecule has 12 aromatic heterocycles. The summed E-state index contributed by atoms with van der Waals surface area (Å²) in [6, 6.07) is 69.0. The van der Waals surface area contributed by atoms with Crippen molar-refractivity contribution in [3.63, 3.8) is 0 Å². The number of nitrogens with one attached hydrogen (secondary N) is 2. The van der Waals surface area contributed by atoms with Gasteiger partial charge in [0, 0.05) is 92.5 Å². The van der Waals surface area contributed by atoms with E-state index in [0.29, 0.717) is 5.71 Å². The van der Waals surface area contributed by atoms with Crippen LogP contribution < -0.4 is 0 Å². The molecule has 12 heterocycles. The number of benzene rings is 8. The van der Waals surface area contributed by atoms with Gasteiger partial charge in [0.15, 0.2) is 11.2 Å². The number of fused-ring (bicyclic) bond motifs is 18. The molecule has 14 heteroatoms. The number of para-hydroxylation sites is 8. The van der Waals surface area contributed by atoms with Crippen LogP contribution in [-0.4, -0.2) is 47.0 Å². The molecule has 0 spiro atoms. The van der Waals surface area contributed by atoms with Crippen molar-refractivity contribution in [2.45, 2.75) is 97.9 Å². The van der Waals surface area contributed by atoms with Gasteiger partial charge in [-0.3, -0.25) is 17.9 Å². The number of aryl methyl sites for hydroxylation is 12. The van der Waals surface area contributed by atoms with Crippen LogP contribution in [0.15, 0.2) is 224 Å². The van der Waals surface area contributed by atoms with Gasteiger partial charge >= 0.3 is 0 Å². The summed E-state index contributed by atoms with van der Waals surface area (Å²) in [4.78, 5) is 14.9. The fourth-order valence-electron chi connectivity index (χ4n) is 14.3. The molecule has 2 N–H and O–H groups in total. The number of furan rings is 4. The Kier molecular flexibility index (Phi) is 17.7. The van der Waals surface area contributed by atoms with Gasteiger partial charge in [0.1, 0.15) is 56.3 Å². The number of hydrogen-bond donors (Lipinski definition) is 2. The highest BCUT2D eigenvalue weighted by atomic mass is 16.3. The monoisotopic (exact) mass is 1320 g/mol. The molecule has 504 valence electrons. The van der Waals surface area contributed by atoms with Gasteiger partial charge < -0.3 is 36.8 Å². The second-order valence-electron chi connectivity index (χ2n) is 25.8. The highest BCUT2D eigenvalue weighted by Crippen LogP contribution is 2.36. The average molecular weight is 1320 g/mol. The van der Waals surface area contributed by atoms with E-state index in [1.54, 1.807) is 0 Å². The topological polar surface area (TPSA) is 138 Å². The Morgan fingerprint density at radius 2 is 0.810 bits per heavy atom. The summed E-state index contributed by atoms with van der Waals surface area (Å²) >= 11 is 0. The third-order valence-corrected chi connectivity index (χ3v) is 19.6. The minimum atomic E-state index is 0. The molecule has 0 aliphatic heterocycles. The highest BCUT2D eigenvalue weighted by molar-refractivity contribution is 6.06. The number of aromatic nitrogens is 10. The predicted molar refractivity (Wildman–Crippen MR) is 416 cm³/mol. The fraction of sp³-hybridized carbons (Fsp3) is 0.186. The Hall–Kier alpha value is -11.9. The molecule has 0 saturated heterocycles. The van der Waals surface area contributed by atoms with Crippen molar-refractivity contribution in [2.75, 3.05) is 0 Å². The van der Waals surface area contributed by atoms with Crippen molar-refractivity contribution < 1.29 is 17.7 Å². The molecule has 0 radical (unpaired) electrons. The van der Waals surface area contributed by atoms with Gasteiger partial charge in [0.2, 0.25) is 11.4 Å². The van der Waals surface area contributed by atoms with Crippen LogP contribution in [0.3, 0.4) is 0 Å². The summed E-state index contributed by atoms with van der Waals surface area (Å²) in [6.07, 6.45) is 2.00.